The van der Waals surface area contributed by atoms with Gasteiger partial charge in [-0.15, -0.1) is 0 Å². The van der Waals surface area contributed by atoms with Crippen molar-refractivity contribution in [2.24, 2.45) is 0 Å². The molecule has 1 fully saturated rings. The summed E-state index contributed by atoms with van der Waals surface area (Å²) in [5.41, 5.74) is 1.38. The number of nitrogens with zero attached hydrogens (tertiary/aromatic N) is 1. The van der Waals surface area contributed by atoms with Crippen LogP contribution in [0.2, 0.25) is 0 Å². The summed E-state index contributed by atoms with van der Waals surface area (Å²) in [6.45, 7) is 0.740. The predicted molar refractivity (Wildman–Crippen MR) is 75.6 cm³/mol. The third-order valence-electron chi connectivity index (χ3n) is 2.91. The van der Waals surface area contributed by atoms with Crippen LogP contribution in [0.25, 0.3) is 0 Å². The maximum Gasteiger partial charge on any atom is 0.414 e. The van der Waals surface area contributed by atoms with Gasteiger partial charge in [-0.25, -0.2) is 4.79 Å². The number of hydrogen-bond donors (Lipinski definition) is 0. The lowest BCUT2D eigenvalue weighted by Crippen LogP contribution is -2.25. The van der Waals surface area contributed by atoms with Gasteiger partial charge in [0.05, 0.1) is 26.0 Å². The first kappa shape index (κ1) is 15.7. The fourth-order valence-electron chi connectivity index (χ4n) is 1.95. The van der Waals surface area contributed by atoms with E-state index in [9.17, 15) is 13.2 Å². The molecule has 1 aliphatic heterocycles. The van der Waals surface area contributed by atoms with Crippen LogP contribution in [0.1, 0.15) is 5.56 Å². The molecular formula is C13H17NO6S. The van der Waals surface area contributed by atoms with Crippen LogP contribution in [0.5, 0.6) is 0 Å². The highest BCUT2D eigenvalue weighted by Gasteiger charge is 2.32. The lowest BCUT2D eigenvalue weighted by molar-refractivity contribution is 0.0718. The molecule has 8 heteroatoms. The fourth-order valence-corrected chi connectivity index (χ4v) is 2.30. The second-order valence-electron chi connectivity index (χ2n) is 4.70. The predicted octanol–water partition coefficient (Wildman–Crippen LogP) is 1.13. The molecule has 0 aliphatic carbocycles. The Labute approximate surface area is 123 Å². The van der Waals surface area contributed by atoms with E-state index in [2.05, 4.69) is 0 Å². The Morgan fingerprint density at radius 3 is 2.57 bits per heavy atom. The first-order valence-electron chi connectivity index (χ1n) is 6.29. The maximum atomic E-state index is 11.7. The van der Waals surface area contributed by atoms with Crippen LogP contribution < -0.4 is 4.90 Å². The van der Waals surface area contributed by atoms with Crippen molar-refractivity contribution in [3.05, 3.63) is 29.8 Å². The highest BCUT2D eigenvalue weighted by atomic mass is 32.2. The molecule has 1 amide bonds. The molecule has 2 rings (SSSR count). The third kappa shape index (κ3) is 4.42. The monoisotopic (exact) mass is 315 g/mol. The van der Waals surface area contributed by atoms with Gasteiger partial charge in [0, 0.05) is 12.8 Å². The summed E-state index contributed by atoms with van der Waals surface area (Å²) in [5, 5.41) is 0. The first-order chi connectivity index (χ1) is 9.89. The minimum atomic E-state index is -3.47. The fraction of sp³-hybridized carbons (Fsp3) is 0.462. The molecule has 1 aromatic rings. The minimum absolute atomic E-state index is 0.0319. The van der Waals surface area contributed by atoms with Crippen molar-refractivity contribution in [1.82, 2.24) is 0 Å². The van der Waals surface area contributed by atoms with Crippen molar-refractivity contribution < 1.29 is 26.9 Å². The van der Waals surface area contributed by atoms with E-state index in [1.165, 1.54) is 4.90 Å². The SMILES string of the molecule is COCC1CN(c2ccc(COS(C)(=O)=O)cc2)C(=O)O1. The Hall–Kier alpha value is -1.64. The summed E-state index contributed by atoms with van der Waals surface area (Å²) in [7, 11) is -1.92. The summed E-state index contributed by atoms with van der Waals surface area (Å²) in [6.07, 6.45) is 0.297. The summed E-state index contributed by atoms with van der Waals surface area (Å²) in [6, 6.07) is 6.85. The van der Waals surface area contributed by atoms with Gasteiger partial charge in [0.1, 0.15) is 6.10 Å². The molecule has 0 N–H and O–H groups in total. The Balaban J connectivity index is 2.00. The summed E-state index contributed by atoms with van der Waals surface area (Å²) >= 11 is 0. The topological polar surface area (TPSA) is 82.1 Å². The first-order valence-corrected chi connectivity index (χ1v) is 8.11. The van der Waals surface area contributed by atoms with E-state index in [4.69, 9.17) is 13.7 Å². The van der Waals surface area contributed by atoms with Gasteiger partial charge >= 0.3 is 6.09 Å². The standard InChI is InChI=1S/C13H17NO6S/c1-18-9-12-7-14(13(15)20-12)11-5-3-10(4-6-11)8-19-21(2,16)17/h3-6,12H,7-9H2,1-2H3. The van der Waals surface area contributed by atoms with Crippen molar-refractivity contribution in [1.29, 1.82) is 0 Å². The molecule has 1 aliphatic rings. The van der Waals surface area contributed by atoms with E-state index in [1.54, 1.807) is 31.4 Å². The highest BCUT2D eigenvalue weighted by molar-refractivity contribution is 7.85. The molecule has 21 heavy (non-hydrogen) atoms. The van der Waals surface area contributed by atoms with Gasteiger partial charge < -0.3 is 9.47 Å². The molecule has 0 saturated carbocycles. The molecular weight excluding hydrogens is 298 g/mol. The molecule has 1 saturated heterocycles. The average molecular weight is 315 g/mol. The molecule has 1 atom stereocenters. The Kier molecular flexibility index (Phi) is 4.81. The molecule has 116 valence electrons. The van der Waals surface area contributed by atoms with Crippen molar-refractivity contribution in [2.45, 2.75) is 12.7 Å². The molecule has 0 bridgehead atoms. The van der Waals surface area contributed by atoms with Gasteiger partial charge in [0.25, 0.3) is 10.1 Å². The Morgan fingerprint density at radius 1 is 1.33 bits per heavy atom. The van der Waals surface area contributed by atoms with Crippen molar-refractivity contribution >= 4 is 21.9 Å². The van der Waals surface area contributed by atoms with E-state index >= 15 is 0 Å². The van der Waals surface area contributed by atoms with Crippen LogP contribution >= 0.6 is 0 Å². The molecule has 0 aromatic heterocycles. The number of rotatable bonds is 6. The van der Waals surface area contributed by atoms with E-state index in [-0.39, 0.29) is 12.7 Å². The quantitative estimate of drug-likeness (QED) is 0.732. The highest BCUT2D eigenvalue weighted by Crippen LogP contribution is 2.22. The number of ether oxygens (including phenoxy) is 2. The smallest absolute Gasteiger partial charge is 0.414 e. The van der Waals surface area contributed by atoms with Crippen LogP contribution in [0.3, 0.4) is 0 Å². The number of cyclic esters (lactones) is 1. The maximum absolute atomic E-state index is 11.7. The Bertz CT molecular complexity index is 598. The van der Waals surface area contributed by atoms with Crippen LogP contribution in [0.4, 0.5) is 10.5 Å². The summed E-state index contributed by atoms with van der Waals surface area (Å²) in [4.78, 5) is 13.3. The van der Waals surface area contributed by atoms with E-state index in [0.717, 1.165) is 6.26 Å². The van der Waals surface area contributed by atoms with Gasteiger partial charge in [0.15, 0.2) is 0 Å². The van der Waals surface area contributed by atoms with Crippen LogP contribution in [-0.4, -0.2) is 47.1 Å². The number of methoxy groups -OCH3 is 1. The molecule has 1 unspecified atom stereocenters. The van der Waals surface area contributed by atoms with Gasteiger partial charge in [-0.1, -0.05) is 12.1 Å². The molecule has 0 radical (unpaired) electrons. The number of amides is 1. The van der Waals surface area contributed by atoms with Gasteiger partial charge in [-0.05, 0) is 17.7 Å². The van der Waals surface area contributed by atoms with Crippen molar-refractivity contribution in [3.63, 3.8) is 0 Å². The van der Waals surface area contributed by atoms with Gasteiger partial charge in [0.2, 0.25) is 0 Å². The van der Waals surface area contributed by atoms with Crippen molar-refractivity contribution in [2.75, 3.05) is 31.4 Å². The summed E-state index contributed by atoms with van der Waals surface area (Å²) in [5.74, 6) is 0. The second kappa shape index (κ2) is 6.42. The van der Waals surface area contributed by atoms with E-state index in [0.29, 0.717) is 24.4 Å². The number of anilines is 1. The Morgan fingerprint density at radius 2 is 2.00 bits per heavy atom. The number of carbonyl (C=O) groups is 1. The second-order valence-corrected chi connectivity index (χ2v) is 6.35. The van der Waals surface area contributed by atoms with Crippen LogP contribution in [0, 0.1) is 0 Å². The molecule has 0 spiro atoms. The van der Waals surface area contributed by atoms with Crippen molar-refractivity contribution in [3.8, 4) is 0 Å². The van der Waals surface area contributed by atoms with Crippen LogP contribution in [0.15, 0.2) is 24.3 Å². The normalized spacial score (nSPS) is 18.9. The number of carbonyl (C=O) groups excluding carboxylic acids is 1. The van der Waals surface area contributed by atoms with Gasteiger partial charge in [-0.3, -0.25) is 9.08 Å². The number of benzene rings is 1. The molecule has 1 heterocycles. The zero-order valence-corrected chi connectivity index (χ0v) is 12.6. The zero-order valence-electron chi connectivity index (χ0n) is 11.8. The molecule has 1 aromatic carbocycles. The van der Waals surface area contributed by atoms with Crippen LogP contribution in [-0.2, 0) is 30.4 Å². The lowest BCUT2D eigenvalue weighted by Gasteiger charge is -2.13. The zero-order chi connectivity index (χ0) is 15.5. The van der Waals surface area contributed by atoms with Gasteiger partial charge in [-0.2, -0.15) is 8.42 Å². The van der Waals surface area contributed by atoms with E-state index in [1.807, 2.05) is 0 Å². The lowest BCUT2D eigenvalue weighted by atomic mass is 10.2. The minimum Gasteiger partial charge on any atom is -0.441 e. The van der Waals surface area contributed by atoms with E-state index < -0.39 is 16.2 Å². The average Bonchev–Trinajstić information content (AvgIpc) is 2.78. The number of hydrogen-bond acceptors (Lipinski definition) is 6. The molecule has 7 nitrogen and oxygen atoms in total. The largest absolute Gasteiger partial charge is 0.441 e. The summed E-state index contributed by atoms with van der Waals surface area (Å²) < 4.78 is 36.6. The third-order valence-corrected chi connectivity index (χ3v) is 3.46.